The lowest BCUT2D eigenvalue weighted by atomic mass is 9.96. The van der Waals surface area contributed by atoms with Crippen LogP contribution in [-0.2, 0) is 14.3 Å². The van der Waals surface area contributed by atoms with E-state index in [0.717, 1.165) is 12.8 Å². The average molecular weight is 322 g/mol. The first-order valence-corrected chi connectivity index (χ1v) is 7.98. The van der Waals surface area contributed by atoms with Crippen LogP contribution in [0.25, 0.3) is 0 Å². The van der Waals surface area contributed by atoms with E-state index in [1.807, 2.05) is 0 Å². The van der Waals surface area contributed by atoms with Crippen molar-refractivity contribution in [3.8, 4) is 0 Å². The highest BCUT2D eigenvalue weighted by molar-refractivity contribution is 5.97. The SMILES string of the molecule is Cc1occc1C(=O)NCC(=O)N1CCC(C2OCCO2)CC1. The van der Waals surface area contributed by atoms with E-state index in [4.69, 9.17) is 13.9 Å². The summed E-state index contributed by atoms with van der Waals surface area (Å²) in [5, 5.41) is 2.65. The molecule has 0 bridgehead atoms. The van der Waals surface area contributed by atoms with Crippen LogP contribution in [0.4, 0.5) is 0 Å². The number of rotatable bonds is 4. The molecule has 2 fully saturated rings. The number of hydrogen-bond acceptors (Lipinski definition) is 5. The molecular formula is C16H22N2O5. The lowest BCUT2D eigenvalue weighted by molar-refractivity contribution is -0.135. The fourth-order valence-corrected chi connectivity index (χ4v) is 3.05. The van der Waals surface area contributed by atoms with Crippen molar-refractivity contribution >= 4 is 11.8 Å². The molecular weight excluding hydrogens is 300 g/mol. The lowest BCUT2D eigenvalue weighted by Crippen LogP contribution is -2.45. The van der Waals surface area contributed by atoms with E-state index < -0.39 is 0 Å². The smallest absolute Gasteiger partial charge is 0.255 e. The lowest BCUT2D eigenvalue weighted by Gasteiger charge is -2.33. The fraction of sp³-hybridized carbons (Fsp3) is 0.625. The number of piperidine rings is 1. The second kappa shape index (κ2) is 7.14. The Morgan fingerprint density at radius 2 is 1.96 bits per heavy atom. The molecule has 2 saturated heterocycles. The summed E-state index contributed by atoms with van der Waals surface area (Å²) in [7, 11) is 0. The molecule has 126 valence electrons. The maximum Gasteiger partial charge on any atom is 0.255 e. The number of furan rings is 1. The monoisotopic (exact) mass is 322 g/mol. The molecule has 3 rings (SSSR count). The average Bonchev–Trinajstić information content (AvgIpc) is 3.24. The van der Waals surface area contributed by atoms with E-state index >= 15 is 0 Å². The predicted molar refractivity (Wildman–Crippen MR) is 80.8 cm³/mol. The van der Waals surface area contributed by atoms with E-state index in [9.17, 15) is 9.59 Å². The van der Waals surface area contributed by atoms with Gasteiger partial charge in [0.05, 0.1) is 31.6 Å². The van der Waals surface area contributed by atoms with Crippen molar-refractivity contribution in [1.29, 1.82) is 0 Å². The highest BCUT2D eigenvalue weighted by Gasteiger charge is 2.31. The van der Waals surface area contributed by atoms with Crippen molar-refractivity contribution in [3.63, 3.8) is 0 Å². The van der Waals surface area contributed by atoms with Gasteiger partial charge in [-0.05, 0) is 25.8 Å². The third kappa shape index (κ3) is 3.73. The van der Waals surface area contributed by atoms with Crippen LogP contribution in [0.5, 0.6) is 0 Å². The number of nitrogens with zero attached hydrogens (tertiary/aromatic N) is 1. The van der Waals surface area contributed by atoms with Gasteiger partial charge in [-0.15, -0.1) is 0 Å². The molecule has 1 N–H and O–H groups in total. The normalized spacial score (nSPS) is 20.0. The summed E-state index contributed by atoms with van der Waals surface area (Å²) < 4.78 is 16.1. The van der Waals surface area contributed by atoms with Crippen molar-refractivity contribution in [3.05, 3.63) is 23.7 Å². The summed E-state index contributed by atoms with van der Waals surface area (Å²) in [6.45, 7) is 4.38. The Balaban J connectivity index is 1.43. The van der Waals surface area contributed by atoms with Crippen molar-refractivity contribution in [1.82, 2.24) is 10.2 Å². The van der Waals surface area contributed by atoms with E-state index in [1.165, 1.54) is 6.26 Å². The van der Waals surface area contributed by atoms with Crippen LogP contribution in [-0.4, -0.2) is 55.9 Å². The molecule has 0 aliphatic carbocycles. The van der Waals surface area contributed by atoms with E-state index in [1.54, 1.807) is 17.9 Å². The van der Waals surface area contributed by atoms with Gasteiger partial charge in [-0.3, -0.25) is 9.59 Å². The van der Waals surface area contributed by atoms with Crippen molar-refractivity contribution < 1.29 is 23.5 Å². The Labute approximate surface area is 134 Å². The number of carbonyl (C=O) groups excluding carboxylic acids is 2. The molecule has 7 heteroatoms. The van der Waals surface area contributed by atoms with Crippen molar-refractivity contribution in [2.75, 3.05) is 32.8 Å². The van der Waals surface area contributed by atoms with E-state index in [-0.39, 0.29) is 24.6 Å². The maximum atomic E-state index is 12.2. The summed E-state index contributed by atoms with van der Waals surface area (Å²) in [4.78, 5) is 26.0. The molecule has 0 atom stereocenters. The Morgan fingerprint density at radius 3 is 2.57 bits per heavy atom. The number of nitrogens with one attached hydrogen (secondary N) is 1. The largest absolute Gasteiger partial charge is 0.469 e. The quantitative estimate of drug-likeness (QED) is 0.892. The van der Waals surface area contributed by atoms with Crippen LogP contribution in [0.15, 0.2) is 16.7 Å². The Morgan fingerprint density at radius 1 is 1.26 bits per heavy atom. The molecule has 7 nitrogen and oxygen atoms in total. The van der Waals surface area contributed by atoms with Crippen LogP contribution in [0.1, 0.15) is 29.0 Å². The summed E-state index contributed by atoms with van der Waals surface area (Å²) in [6, 6.07) is 1.60. The zero-order chi connectivity index (χ0) is 16.2. The number of hydrogen-bond donors (Lipinski definition) is 1. The Bertz CT molecular complexity index is 557. The number of carbonyl (C=O) groups is 2. The summed E-state index contributed by atoms with van der Waals surface area (Å²) >= 11 is 0. The highest BCUT2D eigenvalue weighted by Crippen LogP contribution is 2.25. The van der Waals surface area contributed by atoms with Gasteiger partial charge < -0.3 is 24.1 Å². The first kappa shape index (κ1) is 16.0. The molecule has 0 aromatic carbocycles. The van der Waals surface area contributed by atoms with Crippen LogP contribution >= 0.6 is 0 Å². The van der Waals surface area contributed by atoms with Crippen LogP contribution in [0, 0.1) is 12.8 Å². The first-order valence-electron chi connectivity index (χ1n) is 7.98. The molecule has 2 aliphatic heterocycles. The molecule has 0 radical (unpaired) electrons. The molecule has 0 saturated carbocycles. The van der Waals surface area contributed by atoms with E-state index in [0.29, 0.717) is 43.5 Å². The summed E-state index contributed by atoms with van der Waals surface area (Å²) in [5.41, 5.74) is 0.465. The third-order valence-corrected chi connectivity index (χ3v) is 4.43. The first-order chi connectivity index (χ1) is 11.1. The van der Waals surface area contributed by atoms with Gasteiger partial charge >= 0.3 is 0 Å². The summed E-state index contributed by atoms with van der Waals surface area (Å²) in [5.74, 6) is 0.551. The predicted octanol–water partition coefficient (Wildman–Crippen LogP) is 0.929. The van der Waals surface area contributed by atoms with Crippen molar-refractivity contribution in [2.24, 2.45) is 5.92 Å². The van der Waals surface area contributed by atoms with Crippen LogP contribution < -0.4 is 5.32 Å². The second-order valence-corrected chi connectivity index (χ2v) is 5.90. The molecule has 0 spiro atoms. The second-order valence-electron chi connectivity index (χ2n) is 5.90. The zero-order valence-corrected chi connectivity index (χ0v) is 13.2. The minimum atomic E-state index is -0.285. The van der Waals surface area contributed by atoms with Crippen LogP contribution in [0.3, 0.4) is 0 Å². The van der Waals surface area contributed by atoms with Gasteiger partial charge in [-0.25, -0.2) is 0 Å². The van der Waals surface area contributed by atoms with Crippen LogP contribution in [0.2, 0.25) is 0 Å². The number of ether oxygens (including phenoxy) is 2. The molecule has 1 aromatic rings. The van der Waals surface area contributed by atoms with Gasteiger partial charge in [0.2, 0.25) is 5.91 Å². The summed E-state index contributed by atoms with van der Waals surface area (Å²) in [6.07, 6.45) is 3.08. The Hall–Kier alpha value is -1.86. The minimum absolute atomic E-state index is 0.00451. The van der Waals surface area contributed by atoms with Gasteiger partial charge in [0.1, 0.15) is 5.76 Å². The van der Waals surface area contributed by atoms with Gasteiger partial charge in [-0.1, -0.05) is 0 Å². The third-order valence-electron chi connectivity index (χ3n) is 4.43. The molecule has 3 heterocycles. The maximum absolute atomic E-state index is 12.2. The molecule has 2 aliphatic rings. The molecule has 0 unspecified atom stereocenters. The molecule has 2 amide bonds. The number of amides is 2. The van der Waals surface area contributed by atoms with Gasteiger partial charge in [0.15, 0.2) is 6.29 Å². The molecule has 23 heavy (non-hydrogen) atoms. The standard InChI is InChI=1S/C16H22N2O5/c1-11-13(4-7-21-11)15(20)17-10-14(19)18-5-2-12(3-6-18)16-22-8-9-23-16/h4,7,12,16H,2-3,5-6,8-10H2,1H3,(H,17,20). The zero-order valence-electron chi connectivity index (χ0n) is 13.2. The van der Waals surface area contributed by atoms with Gasteiger partial charge in [0, 0.05) is 19.0 Å². The Kier molecular flexibility index (Phi) is 4.97. The van der Waals surface area contributed by atoms with Crippen molar-refractivity contribution in [2.45, 2.75) is 26.1 Å². The fourth-order valence-electron chi connectivity index (χ4n) is 3.05. The highest BCUT2D eigenvalue weighted by atomic mass is 16.7. The topological polar surface area (TPSA) is 81.0 Å². The number of likely N-dealkylation sites (tertiary alicyclic amines) is 1. The van der Waals surface area contributed by atoms with E-state index in [2.05, 4.69) is 5.32 Å². The molecule has 1 aromatic heterocycles. The number of aryl methyl sites for hydroxylation is 1. The minimum Gasteiger partial charge on any atom is -0.469 e. The van der Waals surface area contributed by atoms with Gasteiger partial charge in [0.25, 0.3) is 5.91 Å². The van der Waals surface area contributed by atoms with Gasteiger partial charge in [-0.2, -0.15) is 0 Å².